The summed E-state index contributed by atoms with van der Waals surface area (Å²) in [5.74, 6) is -0.818. The van der Waals surface area contributed by atoms with Crippen LogP contribution in [0.1, 0.15) is 18.9 Å². The fraction of sp³-hybridized carbons (Fsp3) is 0.273. The average molecular weight is 512 g/mol. The molecule has 0 bridgehead atoms. The Bertz CT molecular complexity index is 1310. The molecule has 9 nitrogen and oxygen atoms in total. The number of carbonyl (C=O) groups excluding carboxylic acids is 1. The molecule has 0 aliphatic rings. The number of carbonyl (C=O) groups is 1. The highest BCUT2D eigenvalue weighted by Crippen LogP contribution is 2.26. The van der Waals surface area contributed by atoms with Gasteiger partial charge in [0.15, 0.2) is 6.10 Å². The number of aromatic nitrogens is 3. The lowest BCUT2D eigenvalue weighted by atomic mass is 10.2. The highest BCUT2D eigenvalue weighted by atomic mass is 35.5. The summed E-state index contributed by atoms with van der Waals surface area (Å²) < 4.78 is 45.0. The molecule has 1 amide bonds. The molecule has 1 heterocycles. The SMILES string of the molecule is C[C@@H](Oc1ccc(Nc2nc(=O)n(CCC(N)=O)c(=O)n2Cc2ccc(Cl)cc2)cc1)C(F)(F)F. The Labute approximate surface area is 201 Å². The van der Waals surface area contributed by atoms with Crippen molar-refractivity contribution in [3.63, 3.8) is 0 Å². The lowest BCUT2D eigenvalue weighted by molar-refractivity contribution is -0.189. The largest absolute Gasteiger partial charge is 0.481 e. The van der Waals surface area contributed by atoms with Gasteiger partial charge in [-0.3, -0.25) is 9.36 Å². The number of benzene rings is 2. The van der Waals surface area contributed by atoms with E-state index in [1.165, 1.54) is 28.8 Å². The number of halogens is 4. The summed E-state index contributed by atoms with van der Waals surface area (Å²) in [5, 5.41) is 3.32. The number of anilines is 2. The second-order valence-electron chi connectivity index (χ2n) is 7.53. The summed E-state index contributed by atoms with van der Waals surface area (Å²) in [4.78, 5) is 40.6. The van der Waals surface area contributed by atoms with Crippen LogP contribution in [0.2, 0.25) is 5.02 Å². The number of nitrogens with two attached hydrogens (primary N) is 1. The van der Waals surface area contributed by atoms with E-state index in [-0.39, 0.29) is 31.2 Å². The maximum atomic E-state index is 13.1. The monoisotopic (exact) mass is 511 g/mol. The van der Waals surface area contributed by atoms with Crippen molar-refractivity contribution in [2.24, 2.45) is 5.73 Å². The van der Waals surface area contributed by atoms with E-state index < -0.39 is 29.6 Å². The zero-order valence-electron chi connectivity index (χ0n) is 18.4. The van der Waals surface area contributed by atoms with E-state index >= 15 is 0 Å². The average Bonchev–Trinajstić information content (AvgIpc) is 2.78. The third-order valence-corrected chi connectivity index (χ3v) is 5.12. The van der Waals surface area contributed by atoms with E-state index in [4.69, 9.17) is 22.1 Å². The minimum absolute atomic E-state index is 0.00643. The number of hydrogen-bond donors (Lipinski definition) is 2. The number of nitrogens with one attached hydrogen (secondary N) is 1. The topological polar surface area (TPSA) is 121 Å². The van der Waals surface area contributed by atoms with Crippen molar-refractivity contribution in [3.8, 4) is 5.75 Å². The van der Waals surface area contributed by atoms with Crippen molar-refractivity contribution in [3.05, 3.63) is 80.1 Å². The molecule has 0 saturated heterocycles. The van der Waals surface area contributed by atoms with Crippen LogP contribution in [0.15, 0.2) is 58.1 Å². The Hall–Kier alpha value is -3.80. The molecule has 1 atom stereocenters. The van der Waals surface area contributed by atoms with Gasteiger partial charge in [0.2, 0.25) is 11.9 Å². The second-order valence-corrected chi connectivity index (χ2v) is 7.97. The van der Waals surface area contributed by atoms with E-state index in [0.717, 1.165) is 11.5 Å². The van der Waals surface area contributed by atoms with Gasteiger partial charge in [0.1, 0.15) is 5.75 Å². The van der Waals surface area contributed by atoms with Gasteiger partial charge < -0.3 is 15.8 Å². The highest BCUT2D eigenvalue weighted by molar-refractivity contribution is 6.30. The molecule has 0 spiro atoms. The molecule has 0 unspecified atom stereocenters. The van der Waals surface area contributed by atoms with Gasteiger partial charge in [0.25, 0.3) is 0 Å². The first-order valence-electron chi connectivity index (χ1n) is 10.3. The number of nitrogens with zero attached hydrogens (tertiary/aromatic N) is 3. The van der Waals surface area contributed by atoms with Gasteiger partial charge in [0.05, 0.1) is 6.54 Å². The first kappa shape index (κ1) is 25.8. The predicted molar refractivity (Wildman–Crippen MR) is 123 cm³/mol. The zero-order chi connectivity index (χ0) is 25.8. The molecule has 0 saturated carbocycles. The standard InChI is InChI=1S/C22H21ClF3N5O4/c1-13(22(24,25)26)35-17-8-6-16(7-9-17)28-19-29-20(33)30(11-10-18(27)32)21(34)31(19)12-14-2-4-15(23)5-3-14/h2-9,13H,10-12H2,1H3,(H2,27,32)(H,28,29,33)/t13-/m1/s1. The molecule has 0 aliphatic carbocycles. The van der Waals surface area contributed by atoms with Crippen LogP contribution >= 0.6 is 11.6 Å². The Morgan fingerprint density at radius 1 is 1.11 bits per heavy atom. The quantitative estimate of drug-likeness (QED) is 0.455. The molecule has 1 aromatic heterocycles. The molecule has 3 aromatic rings. The van der Waals surface area contributed by atoms with E-state index in [2.05, 4.69) is 10.3 Å². The lowest BCUT2D eigenvalue weighted by Crippen LogP contribution is -2.43. The molecule has 2 aromatic carbocycles. The number of amides is 1. The third-order valence-electron chi connectivity index (χ3n) is 4.87. The molecular weight excluding hydrogens is 491 g/mol. The van der Waals surface area contributed by atoms with Crippen molar-refractivity contribution >= 4 is 29.1 Å². The Kier molecular flexibility index (Phi) is 7.85. The maximum Gasteiger partial charge on any atom is 0.425 e. The number of rotatable bonds is 9. The predicted octanol–water partition coefficient (Wildman–Crippen LogP) is 3.06. The minimum Gasteiger partial charge on any atom is -0.481 e. The zero-order valence-corrected chi connectivity index (χ0v) is 19.1. The van der Waals surface area contributed by atoms with E-state index in [1.807, 2.05) is 0 Å². The molecule has 13 heteroatoms. The number of alkyl halides is 3. The van der Waals surface area contributed by atoms with Crippen LogP contribution < -0.4 is 27.2 Å². The van der Waals surface area contributed by atoms with Crippen molar-refractivity contribution in [1.82, 2.24) is 14.1 Å². The first-order valence-corrected chi connectivity index (χ1v) is 10.7. The van der Waals surface area contributed by atoms with Gasteiger partial charge in [-0.25, -0.2) is 14.2 Å². The molecule has 0 fully saturated rings. The molecular formula is C22H21ClF3N5O4. The van der Waals surface area contributed by atoms with E-state index in [9.17, 15) is 27.6 Å². The number of ether oxygens (including phenoxy) is 1. The summed E-state index contributed by atoms with van der Waals surface area (Å²) in [6, 6.07) is 12.1. The fourth-order valence-corrected chi connectivity index (χ4v) is 3.10. The fourth-order valence-electron chi connectivity index (χ4n) is 2.97. The van der Waals surface area contributed by atoms with E-state index in [0.29, 0.717) is 16.3 Å². The summed E-state index contributed by atoms with van der Waals surface area (Å²) in [6.07, 6.45) is -6.75. The van der Waals surface area contributed by atoms with Gasteiger partial charge in [-0.2, -0.15) is 18.2 Å². The van der Waals surface area contributed by atoms with Crippen molar-refractivity contribution in [2.45, 2.75) is 38.7 Å². The molecule has 3 rings (SSSR count). The first-order chi connectivity index (χ1) is 16.4. The number of hydrogen-bond acceptors (Lipinski definition) is 6. The molecule has 186 valence electrons. The van der Waals surface area contributed by atoms with Crippen molar-refractivity contribution in [1.29, 1.82) is 0 Å². The summed E-state index contributed by atoms with van der Waals surface area (Å²) in [6.45, 7) is 0.648. The van der Waals surface area contributed by atoms with Gasteiger partial charge in [-0.15, -0.1) is 0 Å². The number of primary amides is 1. The maximum absolute atomic E-state index is 13.1. The minimum atomic E-state index is -4.52. The van der Waals surface area contributed by atoms with Crippen LogP contribution in [0.5, 0.6) is 5.75 Å². The summed E-state index contributed by atoms with van der Waals surface area (Å²) in [5.41, 5.74) is 4.51. The second kappa shape index (κ2) is 10.6. The summed E-state index contributed by atoms with van der Waals surface area (Å²) >= 11 is 5.92. The molecule has 0 radical (unpaired) electrons. The Morgan fingerprint density at radius 2 is 1.74 bits per heavy atom. The third kappa shape index (κ3) is 6.85. The normalized spacial score (nSPS) is 12.3. The van der Waals surface area contributed by atoms with Crippen molar-refractivity contribution < 1.29 is 22.7 Å². The summed E-state index contributed by atoms with van der Waals surface area (Å²) in [7, 11) is 0. The van der Waals surface area contributed by atoms with Crippen LogP contribution in [-0.4, -0.2) is 32.3 Å². The van der Waals surface area contributed by atoms with Gasteiger partial charge in [0, 0.05) is 23.7 Å². The molecule has 0 aliphatic heterocycles. The van der Waals surface area contributed by atoms with Crippen LogP contribution in [0.3, 0.4) is 0 Å². The van der Waals surface area contributed by atoms with Crippen LogP contribution in [0, 0.1) is 0 Å². The van der Waals surface area contributed by atoms with Gasteiger partial charge in [-0.1, -0.05) is 23.7 Å². The van der Waals surface area contributed by atoms with E-state index in [1.54, 1.807) is 24.3 Å². The Morgan fingerprint density at radius 3 is 2.31 bits per heavy atom. The molecule has 3 N–H and O–H groups in total. The van der Waals surface area contributed by atoms with Crippen LogP contribution in [0.25, 0.3) is 0 Å². The van der Waals surface area contributed by atoms with Gasteiger partial charge in [-0.05, 0) is 48.9 Å². The van der Waals surface area contributed by atoms with Crippen molar-refractivity contribution in [2.75, 3.05) is 5.32 Å². The lowest BCUT2D eigenvalue weighted by Gasteiger charge is -2.18. The highest BCUT2D eigenvalue weighted by Gasteiger charge is 2.38. The van der Waals surface area contributed by atoms with Crippen LogP contribution in [0.4, 0.5) is 24.8 Å². The smallest absolute Gasteiger partial charge is 0.425 e. The van der Waals surface area contributed by atoms with Crippen LogP contribution in [-0.2, 0) is 17.9 Å². The van der Waals surface area contributed by atoms with Gasteiger partial charge >= 0.3 is 17.6 Å². The molecule has 35 heavy (non-hydrogen) atoms. The Balaban J connectivity index is 1.94.